The molecule has 0 unspecified atom stereocenters. The molecule has 2 rings (SSSR count). The van der Waals surface area contributed by atoms with Crippen LogP contribution in [0.25, 0.3) is 0 Å². The maximum absolute atomic E-state index is 12.2. The van der Waals surface area contributed by atoms with Crippen LogP contribution in [-0.4, -0.2) is 11.6 Å². The summed E-state index contributed by atoms with van der Waals surface area (Å²) in [4.78, 5) is 12.2. The van der Waals surface area contributed by atoms with Gasteiger partial charge in [-0.05, 0) is 38.5 Å². The van der Waals surface area contributed by atoms with Crippen LogP contribution < -0.4 is 11.1 Å². The largest absolute Gasteiger partial charge is 0.460 e. The minimum Gasteiger partial charge on any atom is -0.460 e. The van der Waals surface area contributed by atoms with Crippen molar-refractivity contribution < 1.29 is 9.53 Å². The summed E-state index contributed by atoms with van der Waals surface area (Å²) in [6, 6.07) is 17.2. The first kappa shape index (κ1) is 16.9. The van der Waals surface area contributed by atoms with E-state index in [0.29, 0.717) is 5.69 Å². The lowest BCUT2D eigenvalue weighted by atomic mass is 10.0. The number of hydrogen-bond donors (Lipinski definition) is 2. The summed E-state index contributed by atoms with van der Waals surface area (Å²) in [7, 11) is 0. The zero-order chi connectivity index (χ0) is 16.9. The van der Waals surface area contributed by atoms with E-state index in [2.05, 4.69) is 5.32 Å². The number of anilines is 2. The summed E-state index contributed by atoms with van der Waals surface area (Å²) >= 11 is 0. The van der Waals surface area contributed by atoms with Gasteiger partial charge in [0.2, 0.25) is 0 Å². The van der Waals surface area contributed by atoms with E-state index in [9.17, 15) is 4.79 Å². The maximum atomic E-state index is 12.2. The monoisotopic (exact) mass is 312 g/mol. The van der Waals surface area contributed by atoms with Crippen molar-refractivity contribution in [3.05, 3.63) is 60.2 Å². The lowest BCUT2D eigenvalue weighted by Crippen LogP contribution is -2.26. The number of hydrogen-bond acceptors (Lipinski definition) is 4. The summed E-state index contributed by atoms with van der Waals surface area (Å²) in [6.07, 6.45) is 0.232. The van der Waals surface area contributed by atoms with E-state index in [4.69, 9.17) is 10.5 Å². The molecule has 1 atom stereocenters. The van der Waals surface area contributed by atoms with Crippen LogP contribution in [0.3, 0.4) is 0 Å². The van der Waals surface area contributed by atoms with Crippen molar-refractivity contribution in [2.75, 3.05) is 11.1 Å². The number of nitrogens with one attached hydrogen (secondary N) is 1. The van der Waals surface area contributed by atoms with E-state index >= 15 is 0 Å². The predicted octanol–water partition coefficient (Wildman–Crippen LogP) is 4.15. The third-order valence-electron chi connectivity index (χ3n) is 3.28. The Bertz CT molecular complexity index is 648. The molecular formula is C19H24N2O2. The van der Waals surface area contributed by atoms with E-state index in [1.54, 1.807) is 0 Å². The number of rotatable bonds is 5. The number of esters is 1. The molecule has 122 valence electrons. The second kappa shape index (κ2) is 7.18. The van der Waals surface area contributed by atoms with E-state index in [-0.39, 0.29) is 18.4 Å². The predicted molar refractivity (Wildman–Crippen MR) is 94.1 cm³/mol. The molecule has 4 heteroatoms. The Morgan fingerprint density at radius 2 is 1.70 bits per heavy atom. The molecule has 0 aliphatic carbocycles. The van der Waals surface area contributed by atoms with Crippen LogP contribution in [-0.2, 0) is 9.53 Å². The van der Waals surface area contributed by atoms with Crippen LogP contribution in [0.4, 0.5) is 11.4 Å². The van der Waals surface area contributed by atoms with Gasteiger partial charge in [0.15, 0.2) is 0 Å². The minimum absolute atomic E-state index is 0.198. The molecule has 0 aromatic heterocycles. The Hall–Kier alpha value is -2.49. The third-order valence-corrected chi connectivity index (χ3v) is 3.28. The minimum atomic E-state index is -0.496. The Morgan fingerprint density at radius 1 is 1.09 bits per heavy atom. The molecule has 0 saturated heterocycles. The summed E-state index contributed by atoms with van der Waals surface area (Å²) in [5.74, 6) is -0.242. The van der Waals surface area contributed by atoms with Crippen molar-refractivity contribution in [3.63, 3.8) is 0 Å². The topological polar surface area (TPSA) is 64.3 Å². The number of carbonyl (C=O) groups is 1. The average molecular weight is 312 g/mol. The molecule has 0 bridgehead atoms. The fourth-order valence-electron chi connectivity index (χ4n) is 2.30. The molecule has 2 aromatic rings. The highest BCUT2D eigenvalue weighted by Crippen LogP contribution is 2.27. The smallest absolute Gasteiger partial charge is 0.308 e. The quantitative estimate of drug-likeness (QED) is 0.643. The number of nitrogen functional groups attached to an aromatic ring is 1. The highest BCUT2D eigenvalue weighted by molar-refractivity contribution is 5.73. The zero-order valence-electron chi connectivity index (χ0n) is 13.9. The van der Waals surface area contributed by atoms with Crippen LogP contribution in [0.5, 0.6) is 0 Å². The molecule has 0 fully saturated rings. The summed E-state index contributed by atoms with van der Waals surface area (Å²) < 4.78 is 5.45. The van der Waals surface area contributed by atoms with Gasteiger partial charge in [0.05, 0.1) is 23.8 Å². The Balaban J connectivity index is 2.19. The van der Waals surface area contributed by atoms with Crippen molar-refractivity contribution >= 4 is 17.3 Å². The van der Waals surface area contributed by atoms with Crippen LogP contribution in [0.15, 0.2) is 54.6 Å². The second-order valence-corrected chi connectivity index (χ2v) is 6.49. The van der Waals surface area contributed by atoms with Gasteiger partial charge in [0.1, 0.15) is 5.60 Å². The summed E-state index contributed by atoms with van der Waals surface area (Å²) in [5, 5.41) is 3.35. The van der Waals surface area contributed by atoms with E-state index in [0.717, 1.165) is 11.3 Å². The summed E-state index contributed by atoms with van der Waals surface area (Å²) in [6.45, 7) is 5.60. The molecule has 3 N–H and O–H groups in total. The molecule has 0 saturated carbocycles. The SMILES string of the molecule is CC(C)(C)OC(=O)C[C@@H](Nc1ccccc1N)c1ccccc1. The van der Waals surface area contributed by atoms with Crippen LogP contribution in [0.1, 0.15) is 38.8 Å². The first-order valence-corrected chi connectivity index (χ1v) is 7.73. The van der Waals surface area contributed by atoms with Gasteiger partial charge in [-0.15, -0.1) is 0 Å². The molecule has 23 heavy (non-hydrogen) atoms. The second-order valence-electron chi connectivity index (χ2n) is 6.49. The van der Waals surface area contributed by atoms with Gasteiger partial charge in [-0.25, -0.2) is 0 Å². The first-order valence-electron chi connectivity index (χ1n) is 7.73. The van der Waals surface area contributed by atoms with E-state index < -0.39 is 5.60 Å². The van der Waals surface area contributed by atoms with E-state index in [1.165, 1.54) is 0 Å². The number of para-hydroxylation sites is 2. The zero-order valence-corrected chi connectivity index (χ0v) is 13.9. The van der Waals surface area contributed by atoms with Crippen molar-refractivity contribution in [3.8, 4) is 0 Å². The fraction of sp³-hybridized carbons (Fsp3) is 0.316. The van der Waals surface area contributed by atoms with Crippen molar-refractivity contribution in [1.82, 2.24) is 0 Å². The van der Waals surface area contributed by atoms with Crippen molar-refractivity contribution in [2.45, 2.75) is 38.8 Å². The number of nitrogens with two attached hydrogens (primary N) is 1. The van der Waals surface area contributed by atoms with Gasteiger partial charge < -0.3 is 15.8 Å². The van der Waals surface area contributed by atoms with Gasteiger partial charge in [-0.2, -0.15) is 0 Å². The highest BCUT2D eigenvalue weighted by Gasteiger charge is 2.22. The number of carbonyl (C=O) groups excluding carboxylic acids is 1. The number of benzene rings is 2. The normalized spacial score (nSPS) is 12.5. The van der Waals surface area contributed by atoms with Gasteiger partial charge in [0, 0.05) is 0 Å². The van der Waals surface area contributed by atoms with Gasteiger partial charge in [0.25, 0.3) is 0 Å². The Morgan fingerprint density at radius 3 is 2.30 bits per heavy atom. The molecule has 0 heterocycles. The molecule has 0 amide bonds. The Kier molecular flexibility index (Phi) is 5.27. The first-order chi connectivity index (χ1) is 10.8. The molecule has 2 aromatic carbocycles. The fourth-order valence-corrected chi connectivity index (χ4v) is 2.30. The number of ether oxygens (including phenoxy) is 1. The van der Waals surface area contributed by atoms with Gasteiger partial charge in [-0.3, -0.25) is 4.79 Å². The average Bonchev–Trinajstić information content (AvgIpc) is 2.48. The highest BCUT2D eigenvalue weighted by atomic mass is 16.6. The molecule has 0 aliphatic rings. The molecule has 0 radical (unpaired) electrons. The van der Waals surface area contributed by atoms with Gasteiger partial charge in [-0.1, -0.05) is 42.5 Å². The molecular weight excluding hydrogens is 288 g/mol. The van der Waals surface area contributed by atoms with Crippen LogP contribution >= 0.6 is 0 Å². The lowest BCUT2D eigenvalue weighted by Gasteiger charge is -2.24. The standard InChI is InChI=1S/C19H24N2O2/c1-19(2,3)23-18(22)13-17(14-9-5-4-6-10-14)21-16-12-8-7-11-15(16)20/h4-12,17,21H,13,20H2,1-3H3/t17-/m1/s1. The van der Waals surface area contributed by atoms with Crippen LogP contribution in [0.2, 0.25) is 0 Å². The van der Waals surface area contributed by atoms with Crippen molar-refractivity contribution in [2.24, 2.45) is 0 Å². The van der Waals surface area contributed by atoms with Gasteiger partial charge >= 0.3 is 5.97 Å². The van der Waals surface area contributed by atoms with Crippen molar-refractivity contribution in [1.29, 1.82) is 0 Å². The molecule has 0 spiro atoms. The molecule has 4 nitrogen and oxygen atoms in total. The lowest BCUT2D eigenvalue weighted by molar-refractivity contribution is -0.155. The Labute approximate surface area is 137 Å². The van der Waals surface area contributed by atoms with Crippen LogP contribution in [0, 0.1) is 0 Å². The maximum Gasteiger partial charge on any atom is 0.308 e. The third kappa shape index (κ3) is 5.33. The molecule has 0 aliphatic heterocycles. The van der Waals surface area contributed by atoms with E-state index in [1.807, 2.05) is 75.4 Å². The summed E-state index contributed by atoms with van der Waals surface area (Å²) in [5.41, 5.74) is 7.98.